The van der Waals surface area contributed by atoms with Gasteiger partial charge in [0.25, 0.3) is 0 Å². The highest BCUT2D eigenvalue weighted by molar-refractivity contribution is 6.42. The fraction of sp³-hybridized carbons (Fsp3) is 0. The number of hydrogen-bond acceptors (Lipinski definition) is 2. The largest absolute Gasteiger partial charge is 0.323 e. The first-order valence-corrected chi connectivity index (χ1v) is 8.93. The first kappa shape index (κ1) is 15.9. The number of fused-ring (bicyclic) bond motifs is 3. The molecule has 0 saturated heterocycles. The van der Waals surface area contributed by atoms with Crippen molar-refractivity contribution < 1.29 is 0 Å². The van der Waals surface area contributed by atoms with Crippen LogP contribution in [-0.2, 0) is 0 Å². The average Bonchev–Trinajstić information content (AvgIpc) is 3.07. The summed E-state index contributed by atoms with van der Waals surface area (Å²) in [5.41, 5.74) is 3.07. The summed E-state index contributed by atoms with van der Waals surface area (Å²) in [6.45, 7) is 0. The third-order valence-corrected chi connectivity index (χ3v) is 5.16. The number of aromatic nitrogens is 2. The van der Waals surface area contributed by atoms with Gasteiger partial charge in [0.2, 0.25) is 0 Å². The molecular formula is C22H14ClN3O. The molecular weight excluding hydrogens is 358 g/mol. The second kappa shape index (κ2) is 6.11. The Balaban J connectivity index is 1.73. The van der Waals surface area contributed by atoms with Crippen LogP contribution in [0.1, 0.15) is 5.56 Å². The topological polar surface area (TPSA) is 61.0 Å². The number of halogens is 1. The number of nitrogens with one attached hydrogen (secondary N) is 2. The van der Waals surface area contributed by atoms with Crippen LogP contribution in [0.3, 0.4) is 0 Å². The molecule has 0 spiro atoms. The van der Waals surface area contributed by atoms with Crippen molar-refractivity contribution >= 4 is 56.1 Å². The van der Waals surface area contributed by atoms with Crippen LogP contribution in [0.5, 0.6) is 0 Å². The molecule has 0 unspecified atom stereocenters. The maximum Gasteiger partial charge on any atom is 0.323 e. The van der Waals surface area contributed by atoms with Crippen molar-refractivity contribution in [2.45, 2.75) is 0 Å². The molecule has 5 heteroatoms. The monoisotopic (exact) mass is 371 g/mol. The highest BCUT2D eigenvalue weighted by Gasteiger charge is 2.10. The number of hydrogen-bond donors (Lipinski definition) is 2. The van der Waals surface area contributed by atoms with E-state index in [0.29, 0.717) is 0 Å². The Labute approximate surface area is 159 Å². The SMILES string of the molecule is O=c1[nH]c2ccc(N=Cc3c4ccccc4c(Cl)c4ccccc34)cc2[nH]1. The molecule has 1 aromatic heterocycles. The van der Waals surface area contributed by atoms with Crippen LogP contribution in [0.4, 0.5) is 5.69 Å². The molecule has 0 radical (unpaired) electrons. The standard InChI is InChI=1S/C22H14ClN3O/c23-21-16-7-3-1-5-14(16)18(15-6-2-4-8-17(15)21)12-24-13-9-10-19-20(11-13)26-22(27)25-19/h1-12H,(H2,25,26,27). The lowest BCUT2D eigenvalue weighted by Crippen LogP contribution is -1.99. The number of aromatic amines is 2. The third-order valence-electron chi connectivity index (χ3n) is 4.75. The number of aliphatic imine (C=N–C) groups is 1. The van der Waals surface area contributed by atoms with Gasteiger partial charge in [-0.1, -0.05) is 60.1 Å². The van der Waals surface area contributed by atoms with E-state index in [2.05, 4.69) is 27.1 Å². The Kier molecular flexibility index (Phi) is 3.59. The predicted molar refractivity (Wildman–Crippen MR) is 113 cm³/mol. The minimum Gasteiger partial charge on any atom is -0.306 e. The van der Waals surface area contributed by atoms with E-state index in [1.807, 2.05) is 60.8 Å². The quantitative estimate of drug-likeness (QED) is 0.309. The van der Waals surface area contributed by atoms with Crippen molar-refractivity contribution in [3.8, 4) is 0 Å². The van der Waals surface area contributed by atoms with Crippen LogP contribution in [0, 0.1) is 0 Å². The van der Waals surface area contributed by atoms with E-state index in [9.17, 15) is 4.79 Å². The molecule has 0 fully saturated rings. The third kappa shape index (κ3) is 2.62. The Morgan fingerprint density at radius 2 is 1.37 bits per heavy atom. The van der Waals surface area contributed by atoms with Gasteiger partial charge in [-0.3, -0.25) is 4.99 Å². The highest BCUT2D eigenvalue weighted by Crippen LogP contribution is 2.35. The van der Waals surface area contributed by atoms with Crippen molar-refractivity contribution in [1.82, 2.24) is 9.97 Å². The number of nitrogens with zero attached hydrogens (tertiary/aromatic N) is 1. The molecule has 130 valence electrons. The zero-order valence-electron chi connectivity index (χ0n) is 14.2. The summed E-state index contributed by atoms with van der Waals surface area (Å²) in [6, 6.07) is 21.7. The summed E-state index contributed by atoms with van der Waals surface area (Å²) in [4.78, 5) is 21.6. The number of imidazole rings is 1. The molecule has 0 saturated carbocycles. The Morgan fingerprint density at radius 1 is 0.778 bits per heavy atom. The number of H-pyrrole nitrogens is 2. The van der Waals surface area contributed by atoms with Crippen molar-refractivity contribution in [1.29, 1.82) is 0 Å². The van der Waals surface area contributed by atoms with E-state index in [-0.39, 0.29) is 5.69 Å². The van der Waals surface area contributed by atoms with Crippen LogP contribution >= 0.6 is 11.6 Å². The molecule has 4 aromatic carbocycles. The smallest absolute Gasteiger partial charge is 0.306 e. The summed E-state index contributed by atoms with van der Waals surface area (Å²) < 4.78 is 0. The van der Waals surface area contributed by atoms with Gasteiger partial charge in [-0.15, -0.1) is 0 Å². The lowest BCUT2D eigenvalue weighted by atomic mass is 9.97. The summed E-state index contributed by atoms with van der Waals surface area (Å²) >= 11 is 6.65. The van der Waals surface area contributed by atoms with Gasteiger partial charge in [-0.2, -0.15) is 0 Å². The first-order chi connectivity index (χ1) is 13.2. The summed E-state index contributed by atoms with van der Waals surface area (Å²) in [5, 5.41) is 4.88. The molecule has 5 aromatic rings. The van der Waals surface area contributed by atoms with E-state index in [1.54, 1.807) is 0 Å². The maximum absolute atomic E-state index is 11.4. The van der Waals surface area contributed by atoms with E-state index < -0.39 is 0 Å². The molecule has 4 nitrogen and oxygen atoms in total. The van der Waals surface area contributed by atoms with E-state index >= 15 is 0 Å². The second-order valence-electron chi connectivity index (χ2n) is 6.39. The first-order valence-electron chi connectivity index (χ1n) is 8.56. The van der Waals surface area contributed by atoms with Gasteiger partial charge < -0.3 is 9.97 Å². The van der Waals surface area contributed by atoms with Crippen LogP contribution in [0.15, 0.2) is 76.5 Å². The predicted octanol–water partition coefficient (Wildman–Crippen LogP) is 5.57. The van der Waals surface area contributed by atoms with E-state index in [4.69, 9.17) is 11.6 Å². The van der Waals surface area contributed by atoms with Gasteiger partial charge in [0.1, 0.15) is 0 Å². The van der Waals surface area contributed by atoms with Crippen LogP contribution < -0.4 is 5.69 Å². The fourth-order valence-corrected chi connectivity index (χ4v) is 3.82. The molecule has 5 rings (SSSR count). The lowest BCUT2D eigenvalue weighted by Gasteiger charge is -2.10. The minimum absolute atomic E-state index is 0.221. The second-order valence-corrected chi connectivity index (χ2v) is 6.76. The molecule has 1 heterocycles. The summed E-state index contributed by atoms with van der Waals surface area (Å²) in [7, 11) is 0. The van der Waals surface area contributed by atoms with Crippen molar-refractivity contribution in [3.05, 3.63) is 87.8 Å². The van der Waals surface area contributed by atoms with Crippen molar-refractivity contribution in [2.75, 3.05) is 0 Å². The Bertz CT molecular complexity index is 1360. The minimum atomic E-state index is -0.221. The molecule has 0 aliphatic heterocycles. The van der Waals surface area contributed by atoms with Crippen LogP contribution in [0.2, 0.25) is 5.02 Å². The maximum atomic E-state index is 11.4. The van der Waals surface area contributed by atoms with Gasteiger partial charge in [-0.05, 0) is 29.0 Å². The van der Waals surface area contributed by atoms with Gasteiger partial charge >= 0.3 is 5.69 Å². The van der Waals surface area contributed by atoms with Gasteiger partial charge in [0.05, 0.1) is 21.7 Å². The van der Waals surface area contributed by atoms with Crippen molar-refractivity contribution in [3.63, 3.8) is 0 Å². The molecule has 0 bridgehead atoms. The Hall–Kier alpha value is -3.37. The zero-order valence-corrected chi connectivity index (χ0v) is 14.9. The summed E-state index contributed by atoms with van der Waals surface area (Å²) in [6.07, 6.45) is 1.87. The van der Waals surface area contributed by atoms with Crippen LogP contribution in [0.25, 0.3) is 32.6 Å². The Morgan fingerprint density at radius 3 is 2.04 bits per heavy atom. The lowest BCUT2D eigenvalue weighted by molar-refractivity contribution is 1.21. The highest BCUT2D eigenvalue weighted by atomic mass is 35.5. The molecule has 0 amide bonds. The molecule has 27 heavy (non-hydrogen) atoms. The van der Waals surface area contributed by atoms with E-state index in [0.717, 1.165) is 48.9 Å². The molecule has 2 N–H and O–H groups in total. The van der Waals surface area contributed by atoms with Gasteiger partial charge in [0, 0.05) is 22.6 Å². The normalized spacial score (nSPS) is 11.9. The molecule has 0 atom stereocenters. The molecule has 0 aliphatic rings. The fourth-order valence-electron chi connectivity index (χ4n) is 3.49. The average molecular weight is 372 g/mol. The number of rotatable bonds is 2. The number of benzene rings is 4. The van der Waals surface area contributed by atoms with Gasteiger partial charge in [0.15, 0.2) is 0 Å². The van der Waals surface area contributed by atoms with Gasteiger partial charge in [-0.25, -0.2) is 4.79 Å². The van der Waals surface area contributed by atoms with Crippen molar-refractivity contribution in [2.24, 2.45) is 4.99 Å². The summed E-state index contributed by atoms with van der Waals surface area (Å²) in [5.74, 6) is 0. The molecule has 0 aliphatic carbocycles. The zero-order chi connectivity index (χ0) is 18.4. The van der Waals surface area contributed by atoms with E-state index in [1.165, 1.54) is 0 Å². The van der Waals surface area contributed by atoms with Crippen LogP contribution in [-0.4, -0.2) is 16.2 Å².